The highest BCUT2D eigenvalue weighted by molar-refractivity contribution is 5.84. The van der Waals surface area contributed by atoms with Gasteiger partial charge >= 0.3 is 6.18 Å². The molecule has 0 rings (SSSR count). The van der Waals surface area contributed by atoms with Crippen molar-refractivity contribution >= 4 is 11.9 Å². The molecule has 13 heavy (non-hydrogen) atoms. The summed E-state index contributed by atoms with van der Waals surface area (Å²) in [6.07, 6.45) is -3.29. The smallest absolute Gasteiger partial charge is 0.265 e. The Morgan fingerprint density at radius 3 is 2.46 bits per heavy atom. The molecule has 0 saturated carbocycles. The van der Waals surface area contributed by atoms with Gasteiger partial charge in [-0.05, 0) is 6.92 Å². The minimum atomic E-state index is -4.45. The van der Waals surface area contributed by atoms with E-state index in [1.54, 1.807) is 0 Å². The largest absolute Gasteiger partial charge is 0.413 e. The van der Waals surface area contributed by atoms with Crippen LogP contribution in [0, 0.1) is 0 Å². The maximum absolute atomic E-state index is 11.8. The Morgan fingerprint density at radius 2 is 2.08 bits per heavy atom. The molecular weight excluding hydrogens is 185 g/mol. The lowest BCUT2D eigenvalue weighted by atomic mass is 10.3. The third-order valence-corrected chi connectivity index (χ3v) is 1.11. The molecular formula is C7H7F3N2O. The molecule has 0 heterocycles. The highest BCUT2D eigenvalue weighted by atomic mass is 19.4. The summed E-state index contributed by atoms with van der Waals surface area (Å²) in [7, 11) is 0. The molecule has 0 saturated heterocycles. The molecule has 0 spiro atoms. The summed E-state index contributed by atoms with van der Waals surface area (Å²) in [4.78, 5) is 16.0. The molecule has 6 heteroatoms. The molecule has 3 nitrogen and oxygen atoms in total. The van der Waals surface area contributed by atoms with Gasteiger partial charge in [0, 0.05) is 5.57 Å². The number of amidine groups is 1. The molecule has 72 valence electrons. The molecule has 0 aromatic heterocycles. The summed E-state index contributed by atoms with van der Waals surface area (Å²) in [6, 6.07) is 0. The van der Waals surface area contributed by atoms with Gasteiger partial charge in [-0.1, -0.05) is 6.58 Å². The van der Waals surface area contributed by atoms with E-state index in [2.05, 4.69) is 16.6 Å². The van der Waals surface area contributed by atoms with Crippen molar-refractivity contribution in [3.8, 4) is 0 Å². The van der Waals surface area contributed by atoms with Crippen LogP contribution in [0.25, 0.3) is 0 Å². The second kappa shape index (κ2) is 4.57. The van der Waals surface area contributed by atoms with Crippen LogP contribution >= 0.6 is 0 Å². The second-order valence-corrected chi connectivity index (χ2v) is 2.17. The van der Waals surface area contributed by atoms with E-state index in [0.29, 0.717) is 0 Å². The second-order valence-electron chi connectivity index (χ2n) is 2.17. The molecule has 0 atom stereocenters. The van der Waals surface area contributed by atoms with E-state index in [9.17, 15) is 18.0 Å². The van der Waals surface area contributed by atoms with Crippen LogP contribution in [0.15, 0.2) is 22.1 Å². The Labute approximate surface area is 72.7 Å². The summed E-state index contributed by atoms with van der Waals surface area (Å²) in [6.45, 7) is 3.48. The van der Waals surface area contributed by atoms with Gasteiger partial charge in [0.2, 0.25) is 6.08 Å². The number of carbonyl (C=O) groups excluding carboxylic acids is 1. The summed E-state index contributed by atoms with van der Waals surface area (Å²) < 4.78 is 35.4. The SMILES string of the molecule is C=C(CN=C(C)N=C=O)C(F)(F)F. The monoisotopic (exact) mass is 192 g/mol. The number of hydrogen-bond acceptors (Lipinski definition) is 2. The first-order valence-corrected chi connectivity index (χ1v) is 3.22. The number of alkyl halides is 3. The van der Waals surface area contributed by atoms with Crippen LogP contribution in [-0.2, 0) is 4.79 Å². The van der Waals surface area contributed by atoms with Crippen molar-refractivity contribution in [3.05, 3.63) is 12.2 Å². The molecule has 0 amide bonds. The molecule has 0 radical (unpaired) electrons. The first-order valence-electron chi connectivity index (χ1n) is 3.22. The third kappa shape index (κ3) is 4.92. The molecule has 0 aliphatic carbocycles. The zero-order valence-electron chi connectivity index (χ0n) is 6.85. The number of aliphatic imine (C=N–C) groups is 2. The minimum absolute atomic E-state index is 0.0552. The number of halogens is 3. The van der Waals surface area contributed by atoms with Gasteiger partial charge in [0.25, 0.3) is 0 Å². The lowest BCUT2D eigenvalue weighted by Gasteiger charge is -2.06. The van der Waals surface area contributed by atoms with Crippen LogP contribution in [-0.4, -0.2) is 24.6 Å². The van der Waals surface area contributed by atoms with Crippen molar-refractivity contribution in [3.63, 3.8) is 0 Å². The molecule has 0 aliphatic heterocycles. The van der Waals surface area contributed by atoms with Gasteiger partial charge in [-0.2, -0.15) is 18.2 Å². The number of hydrogen-bond donors (Lipinski definition) is 0. The Hall–Kier alpha value is -1.42. The first-order chi connectivity index (χ1) is 5.88. The molecule has 0 bridgehead atoms. The zero-order valence-corrected chi connectivity index (χ0v) is 6.85. The fraction of sp³-hybridized carbons (Fsp3) is 0.429. The number of rotatable bonds is 2. The number of nitrogens with zero attached hydrogens (tertiary/aromatic N) is 2. The molecule has 0 fully saturated rings. The van der Waals surface area contributed by atoms with Crippen LogP contribution in [0.3, 0.4) is 0 Å². The van der Waals surface area contributed by atoms with Crippen molar-refractivity contribution in [1.82, 2.24) is 0 Å². The van der Waals surface area contributed by atoms with Gasteiger partial charge in [0.15, 0.2) is 0 Å². The quantitative estimate of drug-likeness (QED) is 0.285. The zero-order chi connectivity index (χ0) is 10.5. The molecule has 0 aromatic carbocycles. The average molecular weight is 192 g/mol. The van der Waals surface area contributed by atoms with Gasteiger partial charge in [0.05, 0.1) is 6.54 Å². The van der Waals surface area contributed by atoms with Crippen molar-refractivity contribution in [2.45, 2.75) is 13.1 Å². The van der Waals surface area contributed by atoms with E-state index in [-0.39, 0.29) is 5.84 Å². The van der Waals surface area contributed by atoms with Crippen LogP contribution in [0.2, 0.25) is 0 Å². The highest BCUT2D eigenvalue weighted by Crippen LogP contribution is 2.23. The van der Waals surface area contributed by atoms with Crippen LogP contribution < -0.4 is 0 Å². The fourth-order valence-corrected chi connectivity index (χ4v) is 0.401. The van der Waals surface area contributed by atoms with E-state index >= 15 is 0 Å². The van der Waals surface area contributed by atoms with Crippen molar-refractivity contribution in [1.29, 1.82) is 0 Å². The maximum Gasteiger partial charge on any atom is 0.413 e. The van der Waals surface area contributed by atoms with Crippen LogP contribution in [0.4, 0.5) is 13.2 Å². The normalized spacial score (nSPS) is 12.2. The summed E-state index contributed by atoms with van der Waals surface area (Å²) in [5.41, 5.74) is -0.979. The summed E-state index contributed by atoms with van der Waals surface area (Å²) in [5, 5.41) is 0. The van der Waals surface area contributed by atoms with Crippen LogP contribution in [0.1, 0.15) is 6.92 Å². The van der Waals surface area contributed by atoms with Crippen molar-refractivity contribution in [2.75, 3.05) is 6.54 Å². The molecule has 0 aromatic rings. The molecule has 0 unspecified atom stereocenters. The van der Waals surface area contributed by atoms with E-state index in [1.165, 1.54) is 6.92 Å². The molecule has 0 N–H and O–H groups in total. The van der Waals surface area contributed by atoms with Gasteiger partial charge in [0.1, 0.15) is 5.84 Å². The van der Waals surface area contributed by atoms with Gasteiger partial charge < -0.3 is 0 Å². The van der Waals surface area contributed by atoms with Gasteiger partial charge in [-0.3, -0.25) is 4.99 Å². The maximum atomic E-state index is 11.8. The lowest BCUT2D eigenvalue weighted by Crippen LogP contribution is -2.13. The predicted molar refractivity (Wildman–Crippen MR) is 41.3 cm³/mol. The minimum Gasteiger partial charge on any atom is -0.265 e. The predicted octanol–water partition coefficient (Wildman–Crippen LogP) is 1.86. The Kier molecular flexibility index (Phi) is 4.07. The van der Waals surface area contributed by atoms with E-state index in [1.807, 2.05) is 0 Å². The summed E-state index contributed by atoms with van der Waals surface area (Å²) in [5.74, 6) is -0.0552. The Balaban J connectivity index is 4.25. The van der Waals surface area contributed by atoms with Crippen molar-refractivity contribution in [2.24, 2.45) is 9.98 Å². The highest BCUT2D eigenvalue weighted by Gasteiger charge is 2.31. The standard InChI is InChI=1S/C7H7F3N2O/c1-5(7(8,9)10)3-11-6(2)12-4-13/h1,3H2,2H3. The number of isocyanates is 1. The summed E-state index contributed by atoms with van der Waals surface area (Å²) >= 11 is 0. The topological polar surface area (TPSA) is 41.8 Å². The van der Waals surface area contributed by atoms with Crippen LogP contribution in [0.5, 0.6) is 0 Å². The average Bonchev–Trinajstić information content (AvgIpc) is 1.99. The fourth-order valence-electron chi connectivity index (χ4n) is 0.401. The third-order valence-electron chi connectivity index (χ3n) is 1.11. The Morgan fingerprint density at radius 1 is 1.54 bits per heavy atom. The molecule has 0 aliphatic rings. The van der Waals surface area contributed by atoms with Crippen molar-refractivity contribution < 1.29 is 18.0 Å². The lowest BCUT2D eigenvalue weighted by molar-refractivity contribution is -0.0917. The van der Waals surface area contributed by atoms with Gasteiger partial charge in [-0.15, -0.1) is 0 Å². The first kappa shape index (κ1) is 11.6. The Bertz CT molecular complexity index is 274. The van der Waals surface area contributed by atoms with E-state index in [4.69, 9.17) is 0 Å². The van der Waals surface area contributed by atoms with E-state index in [0.717, 1.165) is 6.08 Å². The van der Waals surface area contributed by atoms with Gasteiger partial charge in [-0.25, -0.2) is 4.79 Å². The van der Waals surface area contributed by atoms with E-state index < -0.39 is 18.3 Å².